The summed E-state index contributed by atoms with van der Waals surface area (Å²) in [5.74, 6) is 2.63. The van der Waals surface area contributed by atoms with Crippen LogP contribution < -0.4 is 20.1 Å². The summed E-state index contributed by atoms with van der Waals surface area (Å²) in [5, 5.41) is 22.3. The van der Waals surface area contributed by atoms with Crippen LogP contribution in [0.25, 0.3) is 11.2 Å². The van der Waals surface area contributed by atoms with Crippen LogP contribution in [0.1, 0.15) is 53.6 Å². The lowest BCUT2D eigenvalue weighted by Crippen LogP contribution is -2.31. The van der Waals surface area contributed by atoms with E-state index < -0.39 is 24.5 Å². The van der Waals surface area contributed by atoms with E-state index in [1.807, 2.05) is 61.5 Å². The van der Waals surface area contributed by atoms with E-state index in [2.05, 4.69) is 50.0 Å². The van der Waals surface area contributed by atoms with Crippen LogP contribution >= 0.6 is 0 Å². The molecule has 4 atom stereocenters. The van der Waals surface area contributed by atoms with Gasteiger partial charge in [0.15, 0.2) is 52.7 Å². The largest absolute Gasteiger partial charge is 0.493 e. The first-order valence-electron chi connectivity index (χ1n) is 17.3. The van der Waals surface area contributed by atoms with E-state index in [4.69, 9.17) is 33.4 Å². The van der Waals surface area contributed by atoms with Gasteiger partial charge in [-0.25, -0.2) is 4.98 Å². The summed E-state index contributed by atoms with van der Waals surface area (Å²) >= 11 is 0. The lowest BCUT2D eigenvalue weighted by molar-refractivity contribution is -0.140. The summed E-state index contributed by atoms with van der Waals surface area (Å²) in [5.41, 5.74) is 4.12. The second-order valence-electron chi connectivity index (χ2n) is 12.4. The standard InChI is InChI=1S/C38H40N8O7/c1-4-29-42-36(53-45-29)33-32(51-22-47)31(48)37(52-33)46-21-41-30-34(40-20-26(24-11-7-5-8-12-24)25-13-9-6-10-14-25)43-38(44-35(30)46)39-18-17-23-15-16-27(49-2)28(19-23)50-3/h5-16,19,21-22,26,31-33,37,48H,4,17-18,20H2,1-3H3,(H2,39,40,43,44)/t31-,32+,33+,37-/m1/s1. The number of fused-ring (bicyclic) bond motifs is 1. The maximum absolute atomic E-state index is 11.5. The zero-order valence-corrected chi connectivity index (χ0v) is 29.5. The monoisotopic (exact) mass is 720 g/mol. The molecule has 3 aromatic carbocycles. The molecule has 274 valence electrons. The molecule has 1 saturated heterocycles. The first kappa shape index (κ1) is 35.3. The third-order valence-corrected chi connectivity index (χ3v) is 9.19. The number of carbonyl (C=O) groups excluding carboxylic acids is 1. The van der Waals surface area contributed by atoms with Crippen LogP contribution in [0.4, 0.5) is 11.8 Å². The van der Waals surface area contributed by atoms with Crippen molar-refractivity contribution < 1.29 is 33.4 Å². The number of benzene rings is 3. The maximum Gasteiger partial charge on any atom is 0.293 e. The Kier molecular flexibility index (Phi) is 10.7. The van der Waals surface area contributed by atoms with Gasteiger partial charge >= 0.3 is 0 Å². The Balaban J connectivity index is 1.22. The van der Waals surface area contributed by atoms with Crippen molar-refractivity contribution >= 4 is 29.4 Å². The second kappa shape index (κ2) is 16.1. The molecule has 3 N–H and O–H groups in total. The van der Waals surface area contributed by atoms with Crippen LogP contribution in [0.5, 0.6) is 11.5 Å². The van der Waals surface area contributed by atoms with E-state index in [9.17, 15) is 9.90 Å². The Morgan fingerprint density at radius 2 is 1.68 bits per heavy atom. The molecule has 7 rings (SSSR count). The normalized spacial score (nSPS) is 18.3. The smallest absolute Gasteiger partial charge is 0.293 e. The predicted molar refractivity (Wildman–Crippen MR) is 194 cm³/mol. The molecule has 0 aliphatic carbocycles. The number of aliphatic hydroxyl groups excluding tert-OH is 1. The zero-order chi connectivity index (χ0) is 36.7. The topological polar surface area (TPSA) is 181 Å². The molecule has 0 unspecified atom stereocenters. The number of ether oxygens (including phenoxy) is 4. The van der Waals surface area contributed by atoms with E-state index in [0.29, 0.717) is 66.2 Å². The van der Waals surface area contributed by atoms with Crippen molar-refractivity contribution in [3.05, 3.63) is 114 Å². The highest BCUT2D eigenvalue weighted by molar-refractivity contribution is 5.84. The predicted octanol–water partition coefficient (Wildman–Crippen LogP) is 4.86. The number of aryl methyl sites for hydroxylation is 1. The minimum absolute atomic E-state index is 0.00428. The molecular weight excluding hydrogens is 680 g/mol. The second-order valence-corrected chi connectivity index (χ2v) is 12.4. The molecule has 1 fully saturated rings. The highest BCUT2D eigenvalue weighted by Gasteiger charge is 2.50. The number of nitrogens with one attached hydrogen (secondary N) is 2. The quantitative estimate of drug-likeness (QED) is 0.115. The number of hydrogen-bond donors (Lipinski definition) is 3. The lowest BCUT2D eigenvalue weighted by Gasteiger charge is -2.20. The summed E-state index contributed by atoms with van der Waals surface area (Å²) in [4.78, 5) is 30.3. The fraction of sp³-hybridized carbons (Fsp3) is 0.316. The van der Waals surface area contributed by atoms with E-state index >= 15 is 0 Å². The average Bonchev–Trinajstić information content (AvgIpc) is 3.93. The van der Waals surface area contributed by atoms with Crippen molar-refractivity contribution in [1.29, 1.82) is 0 Å². The van der Waals surface area contributed by atoms with Gasteiger partial charge in [-0.05, 0) is 35.2 Å². The third kappa shape index (κ3) is 7.47. The summed E-state index contributed by atoms with van der Waals surface area (Å²) in [7, 11) is 3.20. The fourth-order valence-corrected chi connectivity index (χ4v) is 6.48. The summed E-state index contributed by atoms with van der Waals surface area (Å²) in [6, 6.07) is 26.3. The number of imidazole rings is 1. The van der Waals surface area contributed by atoms with Gasteiger partial charge in [0.2, 0.25) is 5.95 Å². The van der Waals surface area contributed by atoms with Gasteiger partial charge in [0.1, 0.15) is 6.10 Å². The number of hydrogen-bond acceptors (Lipinski definition) is 14. The molecule has 4 heterocycles. The van der Waals surface area contributed by atoms with E-state index in [0.717, 1.165) is 16.7 Å². The van der Waals surface area contributed by atoms with Gasteiger partial charge in [-0.3, -0.25) is 9.36 Å². The van der Waals surface area contributed by atoms with E-state index in [1.54, 1.807) is 18.8 Å². The summed E-state index contributed by atoms with van der Waals surface area (Å²) < 4.78 is 29.4. The van der Waals surface area contributed by atoms with Gasteiger partial charge in [-0.2, -0.15) is 15.0 Å². The number of anilines is 2. The van der Waals surface area contributed by atoms with Gasteiger partial charge in [-0.15, -0.1) is 0 Å². The molecular formula is C38H40N8O7. The minimum atomic E-state index is -1.33. The molecule has 6 aromatic rings. The van der Waals surface area contributed by atoms with Crippen molar-refractivity contribution in [2.24, 2.45) is 0 Å². The van der Waals surface area contributed by atoms with Gasteiger partial charge in [0.05, 0.1) is 20.5 Å². The minimum Gasteiger partial charge on any atom is -0.493 e. The molecule has 1 aliphatic rings. The Labute approximate surface area is 305 Å². The highest BCUT2D eigenvalue weighted by Crippen LogP contribution is 2.41. The van der Waals surface area contributed by atoms with Gasteiger partial charge < -0.3 is 39.2 Å². The van der Waals surface area contributed by atoms with Gasteiger partial charge in [0, 0.05) is 25.4 Å². The zero-order valence-electron chi connectivity index (χ0n) is 29.5. The van der Waals surface area contributed by atoms with Crippen LogP contribution in [-0.2, 0) is 27.1 Å². The van der Waals surface area contributed by atoms with Crippen molar-refractivity contribution in [3.8, 4) is 11.5 Å². The first-order chi connectivity index (χ1) is 26.0. The third-order valence-electron chi connectivity index (χ3n) is 9.19. The molecule has 0 spiro atoms. The number of carbonyl (C=O) groups is 1. The highest BCUT2D eigenvalue weighted by atomic mass is 16.6. The summed E-state index contributed by atoms with van der Waals surface area (Å²) in [6.45, 7) is 3.12. The lowest BCUT2D eigenvalue weighted by atomic mass is 9.91. The first-order valence-corrected chi connectivity index (χ1v) is 17.3. The molecule has 0 amide bonds. The van der Waals surface area contributed by atoms with Gasteiger partial charge in [0.25, 0.3) is 12.4 Å². The van der Waals surface area contributed by atoms with Crippen LogP contribution in [0.15, 0.2) is 89.7 Å². The van der Waals surface area contributed by atoms with Gasteiger partial charge in [-0.1, -0.05) is 78.8 Å². The number of methoxy groups -OCH3 is 2. The van der Waals surface area contributed by atoms with E-state index in [1.165, 1.54) is 6.33 Å². The Hall–Kier alpha value is -6.06. The molecule has 0 saturated carbocycles. The average molecular weight is 721 g/mol. The number of rotatable bonds is 16. The molecule has 15 nitrogen and oxygen atoms in total. The van der Waals surface area contributed by atoms with Crippen LogP contribution in [0.2, 0.25) is 0 Å². The molecule has 15 heteroatoms. The van der Waals surface area contributed by atoms with Crippen molar-refractivity contribution in [2.45, 2.75) is 50.2 Å². The Morgan fingerprint density at radius 1 is 0.943 bits per heavy atom. The summed E-state index contributed by atoms with van der Waals surface area (Å²) in [6.07, 6.45) is -1.88. The van der Waals surface area contributed by atoms with Crippen LogP contribution in [0.3, 0.4) is 0 Å². The fourth-order valence-electron chi connectivity index (χ4n) is 6.48. The Bertz CT molecular complexity index is 2090. The Morgan fingerprint density at radius 3 is 2.34 bits per heavy atom. The molecule has 1 aliphatic heterocycles. The molecule has 3 aromatic heterocycles. The van der Waals surface area contributed by atoms with Crippen LogP contribution in [0, 0.1) is 0 Å². The number of aromatic nitrogens is 6. The van der Waals surface area contributed by atoms with Crippen molar-refractivity contribution in [3.63, 3.8) is 0 Å². The number of aliphatic hydroxyl groups is 1. The molecule has 53 heavy (non-hydrogen) atoms. The van der Waals surface area contributed by atoms with Crippen molar-refractivity contribution in [2.75, 3.05) is 37.9 Å². The molecule has 0 bridgehead atoms. The van der Waals surface area contributed by atoms with E-state index in [-0.39, 0.29) is 18.3 Å². The number of nitrogens with zero attached hydrogens (tertiary/aromatic N) is 6. The SMILES string of the molecule is CCc1noc([C@H]2O[C@@H](n3cnc4c(NCC(c5ccccc5)c5ccccc5)nc(NCCc5ccc(OC)c(OC)c5)nc43)[C@H](O)[C@@H]2OC=O)n1. The molecule has 0 radical (unpaired) electrons. The van der Waals surface area contributed by atoms with Crippen LogP contribution in [-0.4, -0.2) is 80.8 Å². The van der Waals surface area contributed by atoms with Crippen molar-refractivity contribution in [1.82, 2.24) is 29.7 Å². The maximum atomic E-state index is 11.5.